The summed E-state index contributed by atoms with van der Waals surface area (Å²) in [5, 5.41) is 14.8. The van der Waals surface area contributed by atoms with Crippen LogP contribution < -0.4 is 0 Å². The summed E-state index contributed by atoms with van der Waals surface area (Å²) in [4.78, 5) is 9.25. The lowest BCUT2D eigenvalue weighted by atomic mass is 10.4. The zero-order valence-corrected chi connectivity index (χ0v) is 7.42. The van der Waals surface area contributed by atoms with Gasteiger partial charge in [0, 0.05) is 7.05 Å². The van der Waals surface area contributed by atoms with Crippen molar-refractivity contribution in [1.29, 1.82) is 0 Å². The number of aliphatic hydroxyl groups excluding tert-OH is 1. The van der Waals surface area contributed by atoms with Crippen LogP contribution in [0.1, 0.15) is 5.82 Å². The fraction of sp³-hybridized carbons (Fsp3) is 0.714. The molecule has 2 rings (SSSR count). The summed E-state index contributed by atoms with van der Waals surface area (Å²) in [5.74, 6) is 0.828. The van der Waals surface area contributed by atoms with Crippen molar-refractivity contribution in [2.45, 2.75) is 12.6 Å². The fourth-order valence-corrected chi connectivity index (χ4v) is 1.26. The van der Waals surface area contributed by atoms with E-state index in [1.165, 1.54) is 6.33 Å². The zero-order chi connectivity index (χ0) is 9.26. The standard InChI is InChI=1S/C7H12N4O2/c1-10-7(8-5-9-10)3-11-2-6(12)4-13-11/h5-6,12H,2-4H2,1H3. The molecule has 0 spiro atoms. The van der Waals surface area contributed by atoms with Crippen LogP contribution in [0.2, 0.25) is 0 Å². The minimum Gasteiger partial charge on any atom is -0.389 e. The fourth-order valence-electron chi connectivity index (χ4n) is 1.26. The van der Waals surface area contributed by atoms with E-state index in [4.69, 9.17) is 4.84 Å². The SMILES string of the molecule is Cn1ncnc1CN1CC(O)CO1. The predicted molar refractivity (Wildman–Crippen MR) is 43.4 cm³/mol. The van der Waals surface area contributed by atoms with Crippen molar-refractivity contribution in [1.82, 2.24) is 19.8 Å². The molecule has 1 saturated heterocycles. The molecule has 72 valence electrons. The molecule has 0 amide bonds. The van der Waals surface area contributed by atoms with Crippen LogP contribution in [0, 0.1) is 0 Å². The van der Waals surface area contributed by atoms with E-state index in [-0.39, 0.29) is 6.10 Å². The Labute approximate surface area is 75.7 Å². The van der Waals surface area contributed by atoms with Gasteiger partial charge in [0.15, 0.2) is 0 Å². The number of nitrogens with zero attached hydrogens (tertiary/aromatic N) is 4. The molecular formula is C7H12N4O2. The van der Waals surface area contributed by atoms with E-state index in [1.807, 2.05) is 7.05 Å². The summed E-state index contributed by atoms with van der Waals surface area (Å²) in [7, 11) is 1.83. The molecule has 1 unspecified atom stereocenters. The number of hydrogen-bond acceptors (Lipinski definition) is 5. The Morgan fingerprint density at radius 3 is 3.15 bits per heavy atom. The average molecular weight is 184 g/mol. The van der Waals surface area contributed by atoms with Crippen molar-refractivity contribution in [2.24, 2.45) is 7.05 Å². The summed E-state index contributed by atoms with van der Waals surface area (Å²) >= 11 is 0. The van der Waals surface area contributed by atoms with Gasteiger partial charge in [0.25, 0.3) is 0 Å². The molecule has 1 atom stereocenters. The molecule has 1 aromatic rings. The second kappa shape index (κ2) is 3.41. The number of aryl methyl sites for hydroxylation is 1. The zero-order valence-electron chi connectivity index (χ0n) is 7.42. The van der Waals surface area contributed by atoms with Gasteiger partial charge in [0.05, 0.1) is 25.8 Å². The second-order valence-electron chi connectivity index (χ2n) is 3.07. The molecule has 1 fully saturated rings. The molecule has 1 aliphatic rings. The van der Waals surface area contributed by atoms with E-state index in [1.54, 1.807) is 9.75 Å². The first-order chi connectivity index (χ1) is 6.25. The van der Waals surface area contributed by atoms with Crippen LogP contribution in [-0.2, 0) is 18.4 Å². The number of hydroxylamine groups is 2. The molecule has 0 bridgehead atoms. The van der Waals surface area contributed by atoms with E-state index in [2.05, 4.69) is 10.1 Å². The van der Waals surface area contributed by atoms with Crippen molar-refractivity contribution in [3.63, 3.8) is 0 Å². The molecule has 1 aliphatic heterocycles. The summed E-state index contributed by atoms with van der Waals surface area (Å²) in [6, 6.07) is 0. The van der Waals surface area contributed by atoms with Gasteiger partial charge in [0.1, 0.15) is 12.2 Å². The highest BCUT2D eigenvalue weighted by molar-refractivity contribution is 4.83. The van der Waals surface area contributed by atoms with E-state index in [9.17, 15) is 5.11 Å². The lowest BCUT2D eigenvalue weighted by molar-refractivity contribution is -0.119. The Hall–Kier alpha value is -0.980. The van der Waals surface area contributed by atoms with Crippen LogP contribution in [-0.4, -0.2) is 44.2 Å². The van der Waals surface area contributed by atoms with Gasteiger partial charge in [-0.05, 0) is 0 Å². The van der Waals surface area contributed by atoms with Crippen LogP contribution >= 0.6 is 0 Å². The number of aromatic nitrogens is 3. The molecule has 0 radical (unpaired) electrons. The Morgan fingerprint density at radius 1 is 1.77 bits per heavy atom. The van der Waals surface area contributed by atoms with Gasteiger partial charge in [-0.3, -0.25) is 9.52 Å². The Morgan fingerprint density at radius 2 is 2.62 bits per heavy atom. The van der Waals surface area contributed by atoms with Crippen LogP contribution in [0.25, 0.3) is 0 Å². The summed E-state index contributed by atoms with van der Waals surface area (Å²) in [6.07, 6.45) is 1.12. The molecule has 0 aromatic carbocycles. The van der Waals surface area contributed by atoms with Gasteiger partial charge in [0.2, 0.25) is 0 Å². The summed E-state index contributed by atoms with van der Waals surface area (Å²) in [6.45, 7) is 1.47. The highest BCUT2D eigenvalue weighted by atomic mass is 16.7. The van der Waals surface area contributed by atoms with E-state index < -0.39 is 0 Å². The van der Waals surface area contributed by atoms with Crippen molar-refractivity contribution < 1.29 is 9.94 Å². The smallest absolute Gasteiger partial charge is 0.143 e. The molecule has 1 N–H and O–H groups in total. The monoisotopic (exact) mass is 184 g/mol. The highest BCUT2D eigenvalue weighted by Gasteiger charge is 2.22. The molecule has 2 heterocycles. The van der Waals surface area contributed by atoms with Crippen molar-refractivity contribution in [2.75, 3.05) is 13.2 Å². The molecule has 0 aliphatic carbocycles. The molecule has 6 nitrogen and oxygen atoms in total. The lowest BCUT2D eigenvalue weighted by Crippen LogP contribution is -2.22. The van der Waals surface area contributed by atoms with Crippen molar-refractivity contribution >= 4 is 0 Å². The lowest BCUT2D eigenvalue weighted by Gasteiger charge is -2.11. The summed E-state index contributed by atoms with van der Waals surface area (Å²) in [5.41, 5.74) is 0. The third-order valence-electron chi connectivity index (χ3n) is 1.99. The quantitative estimate of drug-likeness (QED) is 0.633. The first kappa shape index (κ1) is 8.61. The van der Waals surface area contributed by atoms with Crippen molar-refractivity contribution in [3.05, 3.63) is 12.2 Å². The third kappa shape index (κ3) is 1.85. The maximum absolute atomic E-state index is 9.19. The van der Waals surface area contributed by atoms with Crippen LogP contribution in [0.5, 0.6) is 0 Å². The average Bonchev–Trinajstić information content (AvgIpc) is 2.64. The Bertz CT molecular complexity index is 288. The van der Waals surface area contributed by atoms with Gasteiger partial charge in [-0.2, -0.15) is 10.2 Å². The second-order valence-corrected chi connectivity index (χ2v) is 3.07. The number of rotatable bonds is 2. The van der Waals surface area contributed by atoms with Crippen LogP contribution in [0.15, 0.2) is 6.33 Å². The third-order valence-corrected chi connectivity index (χ3v) is 1.99. The number of aliphatic hydroxyl groups is 1. The molecular weight excluding hydrogens is 172 g/mol. The Balaban J connectivity index is 1.95. The molecule has 6 heteroatoms. The first-order valence-corrected chi connectivity index (χ1v) is 4.14. The van der Waals surface area contributed by atoms with E-state index in [0.717, 1.165) is 5.82 Å². The maximum atomic E-state index is 9.19. The molecule has 0 saturated carbocycles. The summed E-state index contributed by atoms with van der Waals surface area (Å²) < 4.78 is 1.69. The number of hydrogen-bond donors (Lipinski definition) is 1. The van der Waals surface area contributed by atoms with Gasteiger partial charge in [-0.15, -0.1) is 0 Å². The topological polar surface area (TPSA) is 63.4 Å². The van der Waals surface area contributed by atoms with Gasteiger partial charge in [-0.25, -0.2) is 4.98 Å². The minimum absolute atomic E-state index is 0.373. The largest absolute Gasteiger partial charge is 0.389 e. The van der Waals surface area contributed by atoms with Gasteiger partial charge >= 0.3 is 0 Å². The van der Waals surface area contributed by atoms with Crippen molar-refractivity contribution in [3.8, 4) is 0 Å². The normalized spacial score (nSPS) is 24.0. The van der Waals surface area contributed by atoms with Crippen LogP contribution in [0.3, 0.4) is 0 Å². The number of β-amino-alcohol motifs (C(OH)–C–C–N with tert-alkyl or cyclic N) is 1. The van der Waals surface area contributed by atoms with Gasteiger partial charge < -0.3 is 5.11 Å². The van der Waals surface area contributed by atoms with E-state index >= 15 is 0 Å². The van der Waals surface area contributed by atoms with E-state index in [0.29, 0.717) is 19.7 Å². The highest BCUT2D eigenvalue weighted by Crippen LogP contribution is 2.08. The maximum Gasteiger partial charge on any atom is 0.143 e. The predicted octanol–water partition coefficient (Wildman–Crippen LogP) is -1.08. The Kier molecular flexibility index (Phi) is 2.26. The first-order valence-electron chi connectivity index (χ1n) is 4.14. The molecule has 13 heavy (non-hydrogen) atoms. The van der Waals surface area contributed by atoms with Crippen LogP contribution in [0.4, 0.5) is 0 Å². The van der Waals surface area contributed by atoms with Gasteiger partial charge in [-0.1, -0.05) is 0 Å². The minimum atomic E-state index is -0.381. The molecule has 1 aromatic heterocycles.